The molecule has 1 aliphatic heterocycles. The molecule has 0 aromatic carbocycles. The van der Waals surface area contributed by atoms with Crippen LogP contribution in [0.5, 0.6) is 6.01 Å². The number of nitrogen functional groups attached to an aromatic ring is 1. The van der Waals surface area contributed by atoms with Gasteiger partial charge in [0.2, 0.25) is 0 Å². The van der Waals surface area contributed by atoms with Crippen molar-refractivity contribution in [2.24, 2.45) is 17.1 Å². The highest BCUT2D eigenvalue weighted by molar-refractivity contribution is 5.96. The van der Waals surface area contributed by atoms with E-state index in [1.54, 1.807) is 12.1 Å². The van der Waals surface area contributed by atoms with E-state index in [2.05, 4.69) is 38.2 Å². The summed E-state index contributed by atoms with van der Waals surface area (Å²) in [6.07, 6.45) is 6.15. The number of amides is 2. The Labute approximate surface area is 222 Å². The Morgan fingerprint density at radius 2 is 1.95 bits per heavy atom. The second-order valence-electron chi connectivity index (χ2n) is 11.0. The smallest absolute Gasteiger partial charge is 0.319 e. The predicted octanol–water partition coefficient (Wildman–Crippen LogP) is 2.54. The number of primary amides is 1. The molecule has 0 unspecified atom stereocenters. The van der Waals surface area contributed by atoms with Gasteiger partial charge in [-0.3, -0.25) is 9.59 Å². The number of hydrogen-bond donors (Lipinski definition) is 3. The van der Waals surface area contributed by atoms with Crippen molar-refractivity contribution in [2.75, 3.05) is 30.3 Å². The molecule has 11 heteroatoms. The summed E-state index contributed by atoms with van der Waals surface area (Å²) in [4.78, 5) is 40.3. The number of aromatic nitrogens is 3. The van der Waals surface area contributed by atoms with E-state index in [1.165, 1.54) is 0 Å². The Hall–Kier alpha value is -3.94. The van der Waals surface area contributed by atoms with Crippen LogP contribution >= 0.6 is 0 Å². The fourth-order valence-corrected chi connectivity index (χ4v) is 5.31. The molecular weight excluding hydrogens is 484 g/mol. The Morgan fingerprint density at radius 3 is 2.58 bits per heavy atom. The molecule has 5 rings (SSSR count). The van der Waals surface area contributed by atoms with Gasteiger partial charge in [0, 0.05) is 36.8 Å². The maximum absolute atomic E-state index is 13.1. The number of nitrogens with two attached hydrogens (primary N) is 2. The number of anilines is 2. The number of hydrogen-bond acceptors (Lipinski definition) is 9. The summed E-state index contributed by atoms with van der Waals surface area (Å²) in [5.41, 5.74) is 12.2. The van der Waals surface area contributed by atoms with Gasteiger partial charge in [0.05, 0.1) is 17.2 Å². The second-order valence-corrected chi connectivity index (χ2v) is 11.0. The number of rotatable bonds is 8. The molecule has 38 heavy (non-hydrogen) atoms. The van der Waals surface area contributed by atoms with Gasteiger partial charge in [-0.25, -0.2) is 4.98 Å². The molecule has 2 aromatic rings. The first kappa shape index (κ1) is 25.7. The Balaban J connectivity index is 1.32. The molecule has 0 radical (unpaired) electrons. The molecule has 11 nitrogen and oxygen atoms in total. The topological polar surface area (TPSA) is 173 Å². The number of nitriles is 1. The number of carbonyl (C=O) groups excluding carboxylic acids is 2. The standard InChI is InChI=1S/C27H34N8O3/c1-16-2-3-18(12-16)31-25(37)21-13-22(34-26(33-21)38-15-27(14-28)8-9-27)35-10-6-17(7-11-35)20-5-4-19(29)23(32-20)24(30)36/h4-5,13,16-18H,2-3,6-12,15,29H2,1H3,(H2,30,36)(H,31,37)/t16-,18+/m1/s1. The zero-order chi connectivity index (χ0) is 26.9. The molecule has 2 saturated carbocycles. The Morgan fingerprint density at radius 1 is 1.18 bits per heavy atom. The van der Waals surface area contributed by atoms with Crippen molar-refractivity contribution in [1.82, 2.24) is 20.3 Å². The van der Waals surface area contributed by atoms with Crippen molar-refractivity contribution in [3.8, 4) is 12.1 Å². The molecule has 3 aliphatic rings. The highest BCUT2D eigenvalue weighted by Gasteiger charge is 2.44. The molecule has 2 atom stereocenters. The lowest BCUT2D eigenvalue weighted by Gasteiger charge is -2.33. The van der Waals surface area contributed by atoms with Gasteiger partial charge in [-0.15, -0.1) is 0 Å². The van der Waals surface area contributed by atoms with Crippen LogP contribution in [0.2, 0.25) is 0 Å². The van der Waals surface area contributed by atoms with Gasteiger partial charge in [0.15, 0.2) is 5.69 Å². The predicted molar refractivity (Wildman–Crippen MR) is 140 cm³/mol. The maximum Gasteiger partial charge on any atom is 0.319 e. The highest BCUT2D eigenvalue weighted by atomic mass is 16.5. The molecule has 0 bridgehead atoms. The van der Waals surface area contributed by atoms with Crippen LogP contribution in [-0.2, 0) is 0 Å². The zero-order valence-electron chi connectivity index (χ0n) is 21.7. The van der Waals surface area contributed by atoms with E-state index in [0.717, 1.165) is 50.6 Å². The highest BCUT2D eigenvalue weighted by Crippen LogP contribution is 2.45. The van der Waals surface area contributed by atoms with E-state index in [0.29, 0.717) is 24.8 Å². The van der Waals surface area contributed by atoms with Gasteiger partial charge < -0.3 is 26.4 Å². The number of pyridine rings is 1. The van der Waals surface area contributed by atoms with E-state index >= 15 is 0 Å². The molecule has 1 saturated heterocycles. The minimum absolute atomic E-state index is 0.0978. The van der Waals surface area contributed by atoms with E-state index in [4.69, 9.17) is 16.2 Å². The summed E-state index contributed by atoms with van der Waals surface area (Å²) < 4.78 is 5.85. The molecule has 2 aromatic heterocycles. The van der Waals surface area contributed by atoms with Gasteiger partial charge in [0.1, 0.15) is 18.1 Å². The molecule has 200 valence electrons. The minimum Gasteiger partial charge on any atom is -0.462 e. The van der Waals surface area contributed by atoms with Crippen molar-refractivity contribution < 1.29 is 14.3 Å². The van der Waals surface area contributed by atoms with Crippen LogP contribution in [-0.4, -0.2) is 52.5 Å². The van der Waals surface area contributed by atoms with Crippen molar-refractivity contribution in [3.63, 3.8) is 0 Å². The van der Waals surface area contributed by atoms with Crippen LogP contribution in [0.3, 0.4) is 0 Å². The van der Waals surface area contributed by atoms with E-state index in [1.807, 2.05) is 6.07 Å². The molecule has 2 amide bonds. The molecular formula is C27H34N8O3. The summed E-state index contributed by atoms with van der Waals surface area (Å²) in [6.45, 7) is 3.74. The molecule has 3 fully saturated rings. The number of carbonyl (C=O) groups is 2. The molecule has 3 heterocycles. The van der Waals surface area contributed by atoms with Crippen LogP contribution in [0.4, 0.5) is 11.5 Å². The van der Waals surface area contributed by atoms with Gasteiger partial charge in [-0.1, -0.05) is 6.92 Å². The molecule has 0 spiro atoms. The first-order valence-electron chi connectivity index (χ1n) is 13.3. The Bertz CT molecular complexity index is 1260. The third-order valence-corrected chi connectivity index (χ3v) is 7.94. The average molecular weight is 519 g/mol. The van der Waals surface area contributed by atoms with Crippen molar-refractivity contribution in [2.45, 2.75) is 63.8 Å². The van der Waals surface area contributed by atoms with E-state index < -0.39 is 11.3 Å². The normalized spacial score (nSPS) is 22.5. The van der Waals surface area contributed by atoms with Crippen LogP contribution in [0.25, 0.3) is 0 Å². The van der Waals surface area contributed by atoms with Crippen LogP contribution in [0.15, 0.2) is 18.2 Å². The van der Waals surface area contributed by atoms with Crippen molar-refractivity contribution in [3.05, 3.63) is 35.3 Å². The lowest BCUT2D eigenvalue weighted by molar-refractivity contribution is 0.0929. The fraction of sp³-hybridized carbons (Fsp3) is 0.556. The van der Waals surface area contributed by atoms with Crippen molar-refractivity contribution >= 4 is 23.3 Å². The summed E-state index contributed by atoms with van der Waals surface area (Å²) in [5.74, 6) is 0.469. The van der Waals surface area contributed by atoms with Gasteiger partial charge in [0.25, 0.3) is 11.8 Å². The first-order valence-corrected chi connectivity index (χ1v) is 13.3. The SMILES string of the molecule is C[C@@H]1CC[C@H](NC(=O)c2cc(N3CCC(c4ccc(N)c(C(N)=O)n4)CC3)nc(OCC3(C#N)CC3)n2)C1. The van der Waals surface area contributed by atoms with Crippen LogP contribution in [0, 0.1) is 22.7 Å². The van der Waals surface area contributed by atoms with E-state index in [9.17, 15) is 14.9 Å². The van der Waals surface area contributed by atoms with Gasteiger partial charge >= 0.3 is 6.01 Å². The summed E-state index contributed by atoms with van der Waals surface area (Å²) in [7, 11) is 0. The summed E-state index contributed by atoms with van der Waals surface area (Å²) in [5, 5.41) is 12.5. The van der Waals surface area contributed by atoms with Gasteiger partial charge in [-0.05, 0) is 63.0 Å². The quantitative estimate of drug-likeness (QED) is 0.474. The van der Waals surface area contributed by atoms with Crippen molar-refractivity contribution in [1.29, 1.82) is 5.26 Å². The fourth-order valence-electron chi connectivity index (χ4n) is 5.31. The Kier molecular flexibility index (Phi) is 7.06. The summed E-state index contributed by atoms with van der Waals surface area (Å²) in [6, 6.07) is 7.79. The largest absolute Gasteiger partial charge is 0.462 e. The lowest BCUT2D eigenvalue weighted by Crippen LogP contribution is -2.36. The van der Waals surface area contributed by atoms with E-state index in [-0.39, 0.29) is 47.6 Å². The summed E-state index contributed by atoms with van der Waals surface area (Å²) >= 11 is 0. The van der Waals surface area contributed by atoms with Crippen LogP contribution < -0.4 is 26.4 Å². The number of ether oxygens (including phenoxy) is 1. The number of piperidine rings is 1. The first-order chi connectivity index (χ1) is 18.2. The minimum atomic E-state index is -0.641. The molecule has 2 aliphatic carbocycles. The lowest BCUT2D eigenvalue weighted by atomic mass is 9.92. The third kappa shape index (κ3) is 5.64. The van der Waals surface area contributed by atoms with Gasteiger partial charge in [-0.2, -0.15) is 15.2 Å². The van der Waals surface area contributed by atoms with Crippen LogP contribution in [0.1, 0.15) is 84.5 Å². The molecule has 5 N–H and O–H groups in total. The zero-order valence-corrected chi connectivity index (χ0v) is 21.7. The monoisotopic (exact) mass is 518 g/mol. The number of nitrogens with one attached hydrogen (secondary N) is 1. The second kappa shape index (κ2) is 10.4. The number of nitrogens with zero attached hydrogens (tertiary/aromatic N) is 5. The maximum atomic E-state index is 13.1. The third-order valence-electron chi connectivity index (χ3n) is 7.94. The average Bonchev–Trinajstić information content (AvgIpc) is 3.60.